The van der Waals surface area contributed by atoms with Crippen molar-refractivity contribution in [3.8, 4) is 23.7 Å². The maximum Gasteiger partial charge on any atom is 0.0764 e. The highest BCUT2D eigenvalue weighted by Gasteiger charge is 1.90. The van der Waals surface area contributed by atoms with Crippen molar-refractivity contribution >= 4 is 0 Å². The van der Waals surface area contributed by atoms with Gasteiger partial charge in [-0.3, -0.25) is 0 Å². The zero-order chi connectivity index (χ0) is 10.6. The van der Waals surface area contributed by atoms with Crippen molar-refractivity contribution in [3.05, 3.63) is 24.8 Å². The minimum atomic E-state index is -0.481. The number of rotatable bonds is 4. The molecule has 0 saturated carbocycles. The summed E-state index contributed by atoms with van der Waals surface area (Å²) < 4.78 is 0. The highest BCUT2D eigenvalue weighted by molar-refractivity contribution is 5.30. The average Bonchev–Trinajstić information content (AvgIpc) is 2.17. The molecule has 1 unspecified atom stereocenters. The molecule has 0 aromatic heterocycles. The topological polar surface area (TPSA) is 20.2 Å². The molecule has 0 rings (SSSR count). The van der Waals surface area contributed by atoms with Crippen LogP contribution < -0.4 is 0 Å². The molecule has 0 bridgehead atoms. The van der Waals surface area contributed by atoms with E-state index in [1.54, 1.807) is 18.2 Å². The molecule has 0 radical (unpaired) electrons. The lowest BCUT2D eigenvalue weighted by Crippen LogP contribution is -1.98. The van der Waals surface area contributed by atoms with E-state index in [4.69, 9.17) is 0 Å². The maximum absolute atomic E-state index is 9.23. The van der Waals surface area contributed by atoms with E-state index in [0.29, 0.717) is 6.42 Å². The van der Waals surface area contributed by atoms with Gasteiger partial charge in [-0.05, 0) is 36.8 Å². The number of hydrogen-bond donors (Lipinski definition) is 1. The second-order valence-electron chi connectivity index (χ2n) is 2.77. The molecule has 0 saturated heterocycles. The molecule has 14 heavy (non-hydrogen) atoms. The van der Waals surface area contributed by atoms with Crippen LogP contribution in [-0.2, 0) is 0 Å². The van der Waals surface area contributed by atoms with Crippen molar-refractivity contribution in [2.45, 2.75) is 32.3 Å². The van der Waals surface area contributed by atoms with Gasteiger partial charge in [0.2, 0.25) is 0 Å². The lowest BCUT2D eigenvalue weighted by atomic mass is 10.2. The SMILES string of the molecule is C=CCC(O)C=CC#CC#CCCC. The van der Waals surface area contributed by atoms with Gasteiger partial charge in [0.05, 0.1) is 6.10 Å². The number of hydrogen-bond acceptors (Lipinski definition) is 1. The standard InChI is InChI=1S/C13H16O/c1-3-5-6-7-8-9-10-12-13(14)11-4-2/h4,10,12-14H,2-3,5,11H2,1H3. The van der Waals surface area contributed by atoms with Crippen LogP contribution in [0.1, 0.15) is 26.2 Å². The van der Waals surface area contributed by atoms with Crippen LogP contribution in [0.3, 0.4) is 0 Å². The smallest absolute Gasteiger partial charge is 0.0764 e. The summed E-state index contributed by atoms with van der Waals surface area (Å²) in [6, 6.07) is 0. The van der Waals surface area contributed by atoms with Crippen molar-refractivity contribution in [3.63, 3.8) is 0 Å². The van der Waals surface area contributed by atoms with Crippen LogP contribution in [0, 0.1) is 23.7 Å². The maximum atomic E-state index is 9.23. The van der Waals surface area contributed by atoms with Crippen molar-refractivity contribution < 1.29 is 5.11 Å². The quantitative estimate of drug-likeness (QED) is 0.530. The first-order valence-electron chi connectivity index (χ1n) is 4.75. The molecule has 0 aromatic rings. The predicted octanol–water partition coefficient (Wildman–Crippen LogP) is 2.29. The van der Waals surface area contributed by atoms with Gasteiger partial charge in [0, 0.05) is 6.42 Å². The Morgan fingerprint density at radius 3 is 2.86 bits per heavy atom. The number of unbranched alkanes of at least 4 members (excludes halogenated alkanes) is 1. The van der Waals surface area contributed by atoms with Crippen LogP contribution in [0.15, 0.2) is 24.8 Å². The van der Waals surface area contributed by atoms with E-state index in [2.05, 4.69) is 37.2 Å². The Morgan fingerprint density at radius 2 is 2.21 bits per heavy atom. The number of aliphatic hydroxyl groups is 1. The fraction of sp³-hybridized carbons (Fsp3) is 0.385. The molecule has 1 N–H and O–H groups in total. The summed E-state index contributed by atoms with van der Waals surface area (Å²) in [5.41, 5.74) is 0. The first-order chi connectivity index (χ1) is 6.81. The van der Waals surface area contributed by atoms with Crippen molar-refractivity contribution in [1.82, 2.24) is 0 Å². The zero-order valence-corrected chi connectivity index (χ0v) is 8.59. The fourth-order valence-electron chi connectivity index (χ4n) is 0.718. The van der Waals surface area contributed by atoms with E-state index >= 15 is 0 Å². The molecule has 1 atom stereocenters. The highest BCUT2D eigenvalue weighted by atomic mass is 16.3. The van der Waals surface area contributed by atoms with Crippen molar-refractivity contribution in [1.29, 1.82) is 0 Å². The third-order valence-corrected chi connectivity index (χ3v) is 1.41. The molecule has 0 aliphatic carbocycles. The molecular weight excluding hydrogens is 172 g/mol. The molecule has 0 heterocycles. The predicted molar refractivity (Wildman–Crippen MR) is 60.4 cm³/mol. The average molecular weight is 188 g/mol. The molecule has 0 amide bonds. The first-order valence-corrected chi connectivity index (χ1v) is 4.75. The minimum absolute atomic E-state index is 0.481. The molecular formula is C13H16O. The summed E-state index contributed by atoms with van der Waals surface area (Å²) in [6.45, 7) is 5.60. The van der Waals surface area contributed by atoms with E-state index in [0.717, 1.165) is 12.8 Å². The van der Waals surface area contributed by atoms with Crippen LogP contribution in [0.4, 0.5) is 0 Å². The summed E-state index contributed by atoms with van der Waals surface area (Å²) >= 11 is 0. The van der Waals surface area contributed by atoms with Gasteiger partial charge in [-0.25, -0.2) is 0 Å². The third-order valence-electron chi connectivity index (χ3n) is 1.41. The van der Waals surface area contributed by atoms with Crippen LogP contribution in [0.5, 0.6) is 0 Å². The summed E-state index contributed by atoms with van der Waals surface area (Å²) in [7, 11) is 0. The zero-order valence-electron chi connectivity index (χ0n) is 8.59. The molecule has 0 aliphatic rings. The molecule has 0 aliphatic heterocycles. The summed E-state index contributed by atoms with van der Waals surface area (Å²) in [6.07, 6.45) is 6.94. The molecule has 74 valence electrons. The van der Waals surface area contributed by atoms with Gasteiger partial charge in [-0.1, -0.05) is 24.8 Å². The van der Waals surface area contributed by atoms with Crippen LogP contribution in [0.2, 0.25) is 0 Å². The summed E-state index contributed by atoms with van der Waals surface area (Å²) in [5, 5.41) is 9.23. The Hall–Kier alpha value is -1.44. The van der Waals surface area contributed by atoms with Gasteiger partial charge in [-0.15, -0.1) is 6.58 Å². The number of aliphatic hydroxyl groups excluding tert-OH is 1. The van der Waals surface area contributed by atoms with E-state index in [-0.39, 0.29) is 0 Å². The molecule has 0 fully saturated rings. The van der Waals surface area contributed by atoms with E-state index in [9.17, 15) is 5.11 Å². The largest absolute Gasteiger partial charge is 0.389 e. The van der Waals surface area contributed by atoms with Crippen LogP contribution >= 0.6 is 0 Å². The Morgan fingerprint density at radius 1 is 1.43 bits per heavy atom. The Labute approximate surface area is 86.5 Å². The normalized spacial score (nSPS) is 11.0. The lowest BCUT2D eigenvalue weighted by Gasteiger charge is -1.96. The summed E-state index contributed by atoms with van der Waals surface area (Å²) in [4.78, 5) is 0. The van der Waals surface area contributed by atoms with Crippen molar-refractivity contribution in [2.24, 2.45) is 0 Å². The molecule has 0 spiro atoms. The fourth-order valence-corrected chi connectivity index (χ4v) is 0.718. The second kappa shape index (κ2) is 9.65. The van der Waals surface area contributed by atoms with Gasteiger partial charge in [0.15, 0.2) is 0 Å². The molecule has 1 heteroatoms. The number of allylic oxidation sites excluding steroid dienone is 1. The molecule has 1 nitrogen and oxygen atoms in total. The first kappa shape index (κ1) is 12.6. The monoisotopic (exact) mass is 188 g/mol. The van der Waals surface area contributed by atoms with Gasteiger partial charge >= 0.3 is 0 Å². The van der Waals surface area contributed by atoms with E-state index < -0.39 is 6.10 Å². The van der Waals surface area contributed by atoms with Gasteiger partial charge in [-0.2, -0.15) is 0 Å². The Kier molecular flexibility index (Phi) is 8.65. The summed E-state index contributed by atoms with van der Waals surface area (Å²) in [5.74, 6) is 11.1. The van der Waals surface area contributed by atoms with Gasteiger partial charge in [0.1, 0.15) is 0 Å². The second-order valence-corrected chi connectivity index (χ2v) is 2.77. The highest BCUT2D eigenvalue weighted by Crippen LogP contribution is 1.92. The Bertz CT molecular complexity index is 291. The van der Waals surface area contributed by atoms with Gasteiger partial charge in [0.25, 0.3) is 0 Å². The third kappa shape index (κ3) is 8.65. The van der Waals surface area contributed by atoms with Crippen LogP contribution in [-0.4, -0.2) is 11.2 Å². The minimum Gasteiger partial charge on any atom is -0.389 e. The van der Waals surface area contributed by atoms with Crippen molar-refractivity contribution in [2.75, 3.05) is 0 Å². The van der Waals surface area contributed by atoms with E-state index in [1.807, 2.05) is 0 Å². The Balaban J connectivity index is 3.80. The van der Waals surface area contributed by atoms with Gasteiger partial charge < -0.3 is 5.11 Å². The molecule has 0 aromatic carbocycles. The lowest BCUT2D eigenvalue weighted by molar-refractivity contribution is 0.227. The van der Waals surface area contributed by atoms with E-state index in [1.165, 1.54) is 0 Å². The van der Waals surface area contributed by atoms with Crippen LogP contribution in [0.25, 0.3) is 0 Å².